The minimum absolute atomic E-state index is 0.173. The molecule has 2 aromatic rings. The molecule has 0 saturated heterocycles. The Morgan fingerprint density at radius 2 is 2.25 bits per heavy atom. The van der Waals surface area contributed by atoms with Gasteiger partial charge in [0.15, 0.2) is 0 Å². The molecule has 106 valence electrons. The fourth-order valence-electron chi connectivity index (χ4n) is 1.84. The molecule has 0 aliphatic heterocycles. The van der Waals surface area contributed by atoms with Crippen LogP contribution in [0.15, 0.2) is 24.5 Å². The largest absolute Gasteiger partial charge is 0.466 e. The SMILES string of the molecule is CCOC(=O)CCCNc1ncnc2cc(Cl)ccc12. The maximum atomic E-state index is 11.2. The lowest BCUT2D eigenvalue weighted by Crippen LogP contribution is -2.09. The van der Waals surface area contributed by atoms with E-state index < -0.39 is 0 Å². The van der Waals surface area contributed by atoms with Crippen molar-refractivity contribution in [2.75, 3.05) is 18.5 Å². The molecule has 0 unspecified atom stereocenters. The number of carbonyl (C=O) groups excluding carboxylic acids is 1. The van der Waals surface area contributed by atoms with Crippen molar-refractivity contribution in [3.63, 3.8) is 0 Å². The molecule has 0 aliphatic carbocycles. The highest BCUT2D eigenvalue weighted by Gasteiger charge is 2.05. The van der Waals surface area contributed by atoms with Gasteiger partial charge in [-0.05, 0) is 31.5 Å². The molecule has 5 nitrogen and oxygen atoms in total. The van der Waals surface area contributed by atoms with Crippen LogP contribution in [0.2, 0.25) is 5.02 Å². The average molecular weight is 294 g/mol. The predicted octanol–water partition coefficient (Wildman–Crippen LogP) is 3.04. The summed E-state index contributed by atoms with van der Waals surface area (Å²) in [6, 6.07) is 5.48. The second-order valence-electron chi connectivity index (χ2n) is 4.22. The summed E-state index contributed by atoms with van der Waals surface area (Å²) >= 11 is 5.93. The Balaban J connectivity index is 1.95. The molecule has 0 spiro atoms. The van der Waals surface area contributed by atoms with Gasteiger partial charge in [-0.3, -0.25) is 4.79 Å². The summed E-state index contributed by atoms with van der Waals surface area (Å²) in [5.41, 5.74) is 0.792. The molecule has 0 aliphatic rings. The minimum atomic E-state index is -0.173. The van der Waals surface area contributed by atoms with Crippen molar-refractivity contribution >= 4 is 34.3 Å². The van der Waals surface area contributed by atoms with Gasteiger partial charge in [-0.2, -0.15) is 0 Å². The number of anilines is 1. The standard InChI is InChI=1S/C14H16ClN3O2/c1-2-20-13(19)4-3-7-16-14-11-6-5-10(15)8-12(11)17-9-18-14/h5-6,8-9H,2-4,7H2,1H3,(H,16,17,18). The highest BCUT2D eigenvalue weighted by Crippen LogP contribution is 2.22. The van der Waals surface area contributed by atoms with E-state index in [0.29, 0.717) is 31.0 Å². The average Bonchev–Trinajstić information content (AvgIpc) is 2.43. The maximum Gasteiger partial charge on any atom is 0.305 e. The topological polar surface area (TPSA) is 64.1 Å². The third-order valence-corrected chi connectivity index (χ3v) is 2.99. The number of nitrogens with zero attached hydrogens (tertiary/aromatic N) is 2. The Bertz CT molecular complexity index is 604. The van der Waals surface area contributed by atoms with Crippen LogP contribution in [0.3, 0.4) is 0 Å². The van der Waals surface area contributed by atoms with E-state index in [0.717, 1.165) is 16.7 Å². The van der Waals surface area contributed by atoms with E-state index in [4.69, 9.17) is 16.3 Å². The first kappa shape index (κ1) is 14.5. The van der Waals surface area contributed by atoms with Crippen LogP contribution in [0.5, 0.6) is 0 Å². The molecule has 0 radical (unpaired) electrons. The highest BCUT2D eigenvalue weighted by molar-refractivity contribution is 6.31. The molecule has 6 heteroatoms. The van der Waals surface area contributed by atoms with Crippen molar-refractivity contribution in [1.29, 1.82) is 0 Å². The van der Waals surface area contributed by atoms with E-state index in [1.165, 1.54) is 6.33 Å². The first-order valence-electron chi connectivity index (χ1n) is 6.50. The molecule has 0 bridgehead atoms. The van der Waals surface area contributed by atoms with Crippen molar-refractivity contribution in [3.05, 3.63) is 29.5 Å². The first-order valence-corrected chi connectivity index (χ1v) is 6.88. The van der Waals surface area contributed by atoms with E-state index in [1.807, 2.05) is 6.07 Å². The monoisotopic (exact) mass is 293 g/mol. The third kappa shape index (κ3) is 3.81. The Hall–Kier alpha value is -1.88. The van der Waals surface area contributed by atoms with Crippen LogP contribution in [0, 0.1) is 0 Å². The van der Waals surface area contributed by atoms with Crippen LogP contribution in [0.25, 0.3) is 10.9 Å². The van der Waals surface area contributed by atoms with Crippen molar-refractivity contribution < 1.29 is 9.53 Å². The molecule has 0 atom stereocenters. The van der Waals surface area contributed by atoms with Gasteiger partial charge in [0, 0.05) is 23.4 Å². The lowest BCUT2D eigenvalue weighted by molar-refractivity contribution is -0.143. The van der Waals surface area contributed by atoms with Crippen LogP contribution < -0.4 is 5.32 Å². The van der Waals surface area contributed by atoms with Gasteiger partial charge in [0.2, 0.25) is 0 Å². The zero-order chi connectivity index (χ0) is 14.4. The molecule has 0 amide bonds. The summed E-state index contributed by atoms with van der Waals surface area (Å²) in [7, 11) is 0. The normalized spacial score (nSPS) is 10.5. The Morgan fingerprint density at radius 1 is 1.40 bits per heavy atom. The van der Waals surface area contributed by atoms with Gasteiger partial charge in [0.05, 0.1) is 12.1 Å². The van der Waals surface area contributed by atoms with Gasteiger partial charge in [-0.1, -0.05) is 11.6 Å². The van der Waals surface area contributed by atoms with Gasteiger partial charge in [-0.25, -0.2) is 9.97 Å². The molecule has 1 aromatic carbocycles. The van der Waals surface area contributed by atoms with Crippen molar-refractivity contribution in [2.45, 2.75) is 19.8 Å². The van der Waals surface area contributed by atoms with Crippen molar-refractivity contribution in [3.8, 4) is 0 Å². The number of hydrogen-bond acceptors (Lipinski definition) is 5. The Labute approximate surface area is 122 Å². The number of aromatic nitrogens is 2. The predicted molar refractivity (Wildman–Crippen MR) is 78.9 cm³/mol. The van der Waals surface area contributed by atoms with Crippen LogP contribution in [0.1, 0.15) is 19.8 Å². The molecule has 0 saturated carbocycles. The van der Waals surface area contributed by atoms with Crippen molar-refractivity contribution in [1.82, 2.24) is 9.97 Å². The number of carbonyl (C=O) groups is 1. The Kier molecular flexibility index (Phi) is 5.12. The molecule has 20 heavy (non-hydrogen) atoms. The molecule has 1 N–H and O–H groups in total. The third-order valence-electron chi connectivity index (χ3n) is 2.75. The van der Waals surface area contributed by atoms with Crippen LogP contribution in [-0.4, -0.2) is 29.1 Å². The van der Waals surface area contributed by atoms with E-state index in [2.05, 4.69) is 15.3 Å². The molecule has 1 heterocycles. The highest BCUT2D eigenvalue weighted by atomic mass is 35.5. The van der Waals surface area contributed by atoms with E-state index in [9.17, 15) is 4.79 Å². The number of benzene rings is 1. The zero-order valence-corrected chi connectivity index (χ0v) is 12.0. The summed E-state index contributed by atoms with van der Waals surface area (Å²) in [5.74, 6) is 0.573. The van der Waals surface area contributed by atoms with Gasteiger partial charge in [-0.15, -0.1) is 0 Å². The number of fused-ring (bicyclic) bond motifs is 1. The fraction of sp³-hybridized carbons (Fsp3) is 0.357. The van der Waals surface area contributed by atoms with Crippen LogP contribution in [-0.2, 0) is 9.53 Å². The molecule has 2 rings (SSSR count). The number of esters is 1. The minimum Gasteiger partial charge on any atom is -0.466 e. The number of ether oxygens (including phenoxy) is 1. The fourth-order valence-corrected chi connectivity index (χ4v) is 2.01. The second-order valence-corrected chi connectivity index (χ2v) is 4.66. The van der Waals surface area contributed by atoms with Gasteiger partial charge < -0.3 is 10.1 Å². The van der Waals surface area contributed by atoms with Gasteiger partial charge >= 0.3 is 5.97 Å². The lowest BCUT2D eigenvalue weighted by Gasteiger charge is -2.08. The number of halogens is 1. The summed E-state index contributed by atoms with van der Waals surface area (Å²) in [4.78, 5) is 19.6. The second kappa shape index (κ2) is 7.05. The van der Waals surface area contributed by atoms with E-state index in [-0.39, 0.29) is 5.97 Å². The zero-order valence-electron chi connectivity index (χ0n) is 11.2. The lowest BCUT2D eigenvalue weighted by atomic mass is 10.2. The molecular weight excluding hydrogens is 278 g/mol. The van der Waals surface area contributed by atoms with Gasteiger partial charge in [0.1, 0.15) is 12.1 Å². The summed E-state index contributed by atoms with van der Waals surface area (Å²) in [5, 5.41) is 4.76. The number of hydrogen-bond donors (Lipinski definition) is 1. The van der Waals surface area contributed by atoms with E-state index in [1.54, 1.807) is 19.1 Å². The summed E-state index contributed by atoms with van der Waals surface area (Å²) in [6.07, 6.45) is 2.58. The Morgan fingerprint density at radius 3 is 3.05 bits per heavy atom. The van der Waals surface area contributed by atoms with Crippen LogP contribution in [0.4, 0.5) is 5.82 Å². The summed E-state index contributed by atoms with van der Waals surface area (Å²) < 4.78 is 4.87. The maximum absolute atomic E-state index is 11.2. The summed E-state index contributed by atoms with van der Waals surface area (Å²) in [6.45, 7) is 2.87. The molecular formula is C14H16ClN3O2. The van der Waals surface area contributed by atoms with Crippen LogP contribution >= 0.6 is 11.6 Å². The smallest absolute Gasteiger partial charge is 0.305 e. The first-order chi connectivity index (χ1) is 9.70. The number of rotatable bonds is 6. The van der Waals surface area contributed by atoms with Gasteiger partial charge in [0.25, 0.3) is 0 Å². The molecule has 1 aromatic heterocycles. The molecule has 0 fully saturated rings. The van der Waals surface area contributed by atoms with E-state index >= 15 is 0 Å². The van der Waals surface area contributed by atoms with Crippen molar-refractivity contribution in [2.24, 2.45) is 0 Å². The quantitative estimate of drug-likeness (QED) is 0.655. The number of nitrogens with one attached hydrogen (secondary N) is 1.